The van der Waals surface area contributed by atoms with Crippen LogP contribution in [-0.2, 0) is 11.3 Å². The van der Waals surface area contributed by atoms with E-state index in [-0.39, 0.29) is 5.56 Å². The van der Waals surface area contributed by atoms with Crippen LogP contribution in [-0.4, -0.2) is 17.1 Å². The number of aryl methyl sites for hydroxylation is 1. The van der Waals surface area contributed by atoms with Gasteiger partial charge in [-0.05, 0) is 28.9 Å². The molecule has 94 valence electrons. The molecule has 2 aromatic rings. The number of benzene rings is 1. The number of hydrogen-bond donors (Lipinski definition) is 1. The van der Waals surface area contributed by atoms with Crippen LogP contribution in [0.15, 0.2) is 33.5 Å². The summed E-state index contributed by atoms with van der Waals surface area (Å²) in [5, 5.41) is 0. The van der Waals surface area contributed by atoms with Crippen LogP contribution in [0.25, 0.3) is 11.4 Å². The van der Waals surface area contributed by atoms with Crippen molar-refractivity contribution in [2.75, 3.05) is 7.11 Å². The highest BCUT2D eigenvalue weighted by Crippen LogP contribution is 2.18. The molecular weight excluding hydrogens is 296 g/mol. The first-order valence-corrected chi connectivity index (χ1v) is 6.26. The van der Waals surface area contributed by atoms with Crippen molar-refractivity contribution in [3.05, 3.63) is 50.3 Å². The number of aromatic nitrogens is 2. The van der Waals surface area contributed by atoms with Gasteiger partial charge in [-0.2, -0.15) is 0 Å². The van der Waals surface area contributed by atoms with E-state index >= 15 is 0 Å². The molecule has 1 aromatic carbocycles. The Balaban J connectivity index is 2.55. The minimum absolute atomic E-state index is 0.200. The molecule has 0 atom stereocenters. The highest BCUT2D eigenvalue weighted by atomic mass is 79.9. The average Bonchev–Trinajstić information content (AvgIpc) is 2.35. The first kappa shape index (κ1) is 13.0. The Morgan fingerprint density at radius 1 is 1.44 bits per heavy atom. The lowest BCUT2D eigenvalue weighted by atomic mass is 10.1. The predicted octanol–water partition coefficient (Wildman–Crippen LogP) is 2.65. The van der Waals surface area contributed by atoms with Gasteiger partial charge < -0.3 is 9.72 Å². The molecule has 0 spiro atoms. The van der Waals surface area contributed by atoms with Gasteiger partial charge in [-0.15, -0.1) is 0 Å². The largest absolute Gasteiger partial charge is 0.378 e. The van der Waals surface area contributed by atoms with E-state index in [9.17, 15) is 4.79 Å². The first-order chi connectivity index (χ1) is 8.61. The number of nitrogens with zero attached hydrogens (tertiary/aromatic N) is 1. The average molecular weight is 309 g/mol. The molecule has 1 heterocycles. The number of methoxy groups -OCH3 is 1. The molecule has 0 fully saturated rings. The monoisotopic (exact) mass is 308 g/mol. The van der Waals surface area contributed by atoms with E-state index < -0.39 is 0 Å². The molecule has 1 N–H and O–H groups in total. The Bertz CT molecular complexity index is 623. The van der Waals surface area contributed by atoms with Crippen LogP contribution in [0.4, 0.5) is 0 Å². The molecule has 0 bridgehead atoms. The smallest absolute Gasteiger partial charge is 0.265 e. The number of aromatic amines is 1. The molecule has 0 saturated heterocycles. The van der Waals surface area contributed by atoms with Crippen molar-refractivity contribution in [1.29, 1.82) is 0 Å². The summed E-state index contributed by atoms with van der Waals surface area (Å²) in [6, 6.07) is 7.82. The summed E-state index contributed by atoms with van der Waals surface area (Å²) in [5.41, 5.74) is 2.40. The molecule has 0 aliphatic rings. The molecule has 0 unspecified atom stereocenters. The second-order valence-electron chi connectivity index (χ2n) is 3.98. The molecule has 0 aliphatic heterocycles. The molecule has 0 aliphatic carbocycles. The fraction of sp³-hybridized carbons (Fsp3) is 0.231. The van der Waals surface area contributed by atoms with Crippen molar-refractivity contribution in [3.8, 4) is 11.4 Å². The second-order valence-corrected chi connectivity index (χ2v) is 4.77. The number of H-pyrrole nitrogens is 1. The zero-order chi connectivity index (χ0) is 13.1. The lowest BCUT2D eigenvalue weighted by Crippen LogP contribution is -2.14. The summed E-state index contributed by atoms with van der Waals surface area (Å²) in [4.78, 5) is 19.0. The maximum absolute atomic E-state index is 11.8. The van der Waals surface area contributed by atoms with Crippen LogP contribution >= 0.6 is 15.9 Å². The standard InChI is InChI=1S/C13H13BrN2O2/c1-8-4-3-5-9(6-8)12-15-10(7-18-2)11(14)13(17)16-12/h3-6H,7H2,1-2H3,(H,15,16,17). The van der Waals surface area contributed by atoms with Gasteiger partial charge in [0.15, 0.2) is 0 Å². The predicted molar refractivity (Wildman–Crippen MR) is 73.4 cm³/mol. The summed E-state index contributed by atoms with van der Waals surface area (Å²) < 4.78 is 5.45. The Hall–Kier alpha value is -1.46. The van der Waals surface area contributed by atoms with Gasteiger partial charge in [0.2, 0.25) is 0 Å². The summed E-state index contributed by atoms with van der Waals surface area (Å²) in [6.45, 7) is 2.29. The summed E-state index contributed by atoms with van der Waals surface area (Å²) in [6.07, 6.45) is 0. The Morgan fingerprint density at radius 3 is 2.89 bits per heavy atom. The minimum atomic E-state index is -0.200. The van der Waals surface area contributed by atoms with Gasteiger partial charge in [-0.1, -0.05) is 23.8 Å². The third kappa shape index (κ3) is 2.68. The first-order valence-electron chi connectivity index (χ1n) is 5.46. The third-order valence-corrected chi connectivity index (χ3v) is 3.32. The van der Waals surface area contributed by atoms with Crippen LogP contribution in [0.2, 0.25) is 0 Å². The second kappa shape index (κ2) is 5.46. The fourth-order valence-electron chi connectivity index (χ4n) is 1.67. The summed E-state index contributed by atoms with van der Waals surface area (Å²) in [5.74, 6) is 0.555. The van der Waals surface area contributed by atoms with Crippen molar-refractivity contribution < 1.29 is 4.74 Å². The van der Waals surface area contributed by atoms with Gasteiger partial charge in [0.25, 0.3) is 5.56 Å². The van der Waals surface area contributed by atoms with Gasteiger partial charge in [-0.3, -0.25) is 4.79 Å². The van der Waals surface area contributed by atoms with Gasteiger partial charge in [0.05, 0.1) is 12.3 Å². The van der Waals surface area contributed by atoms with Gasteiger partial charge in [0, 0.05) is 12.7 Å². The number of rotatable bonds is 3. The quantitative estimate of drug-likeness (QED) is 0.948. The maximum atomic E-state index is 11.8. The fourth-order valence-corrected chi connectivity index (χ4v) is 1.97. The van der Waals surface area contributed by atoms with Crippen molar-refractivity contribution >= 4 is 15.9 Å². The van der Waals surface area contributed by atoms with Crippen molar-refractivity contribution in [3.63, 3.8) is 0 Å². The molecule has 5 heteroatoms. The van der Waals surface area contributed by atoms with Crippen LogP contribution in [0, 0.1) is 6.92 Å². The van der Waals surface area contributed by atoms with Gasteiger partial charge >= 0.3 is 0 Å². The normalized spacial score (nSPS) is 10.6. The van der Waals surface area contributed by atoms with Crippen molar-refractivity contribution in [1.82, 2.24) is 9.97 Å². The SMILES string of the molecule is COCc1nc(-c2cccc(C)c2)[nH]c(=O)c1Br. The van der Waals surface area contributed by atoms with Gasteiger partial charge in [0.1, 0.15) is 10.3 Å². The minimum Gasteiger partial charge on any atom is -0.378 e. The van der Waals surface area contributed by atoms with E-state index in [1.807, 2.05) is 31.2 Å². The molecule has 0 radical (unpaired) electrons. The molecule has 18 heavy (non-hydrogen) atoms. The Kier molecular flexibility index (Phi) is 3.93. The number of halogens is 1. The van der Waals surface area contributed by atoms with E-state index in [1.54, 1.807) is 7.11 Å². The van der Waals surface area contributed by atoms with Crippen molar-refractivity contribution in [2.45, 2.75) is 13.5 Å². The number of ether oxygens (including phenoxy) is 1. The highest BCUT2D eigenvalue weighted by Gasteiger charge is 2.10. The van der Waals surface area contributed by atoms with Gasteiger partial charge in [-0.25, -0.2) is 4.98 Å². The Morgan fingerprint density at radius 2 is 2.22 bits per heavy atom. The van der Waals surface area contributed by atoms with E-state index in [1.165, 1.54) is 0 Å². The highest BCUT2D eigenvalue weighted by molar-refractivity contribution is 9.10. The zero-order valence-corrected chi connectivity index (χ0v) is 11.7. The molecule has 4 nitrogen and oxygen atoms in total. The lowest BCUT2D eigenvalue weighted by molar-refractivity contribution is 0.180. The molecule has 1 aromatic heterocycles. The van der Waals surface area contributed by atoms with Crippen LogP contribution in [0.3, 0.4) is 0 Å². The third-order valence-electron chi connectivity index (χ3n) is 2.50. The molecule has 0 amide bonds. The summed E-state index contributed by atoms with van der Waals surface area (Å²) >= 11 is 3.22. The topological polar surface area (TPSA) is 55.0 Å². The van der Waals surface area contributed by atoms with E-state index in [2.05, 4.69) is 25.9 Å². The van der Waals surface area contributed by atoms with Crippen molar-refractivity contribution in [2.24, 2.45) is 0 Å². The van der Waals surface area contributed by atoms with Crippen LogP contribution < -0.4 is 5.56 Å². The Labute approximate surface area is 113 Å². The van der Waals surface area contributed by atoms with Crippen LogP contribution in [0.5, 0.6) is 0 Å². The number of nitrogens with one attached hydrogen (secondary N) is 1. The van der Waals surface area contributed by atoms with Crippen LogP contribution in [0.1, 0.15) is 11.3 Å². The maximum Gasteiger partial charge on any atom is 0.265 e. The molecule has 0 saturated carbocycles. The zero-order valence-electron chi connectivity index (χ0n) is 10.2. The van der Waals surface area contributed by atoms with E-state index in [0.29, 0.717) is 22.6 Å². The molecular formula is C13H13BrN2O2. The molecule has 2 rings (SSSR count). The number of hydrogen-bond acceptors (Lipinski definition) is 3. The lowest BCUT2D eigenvalue weighted by Gasteiger charge is -2.06. The summed E-state index contributed by atoms with van der Waals surface area (Å²) in [7, 11) is 1.57. The van der Waals surface area contributed by atoms with E-state index in [4.69, 9.17) is 4.74 Å². The van der Waals surface area contributed by atoms with E-state index in [0.717, 1.165) is 11.1 Å².